The van der Waals surface area contributed by atoms with Gasteiger partial charge in [-0.05, 0) is 35.1 Å². The quantitative estimate of drug-likeness (QED) is 0.661. The molecular formula is C23H28N4O2. The van der Waals surface area contributed by atoms with Gasteiger partial charge in [0.15, 0.2) is 5.82 Å². The summed E-state index contributed by atoms with van der Waals surface area (Å²) in [5, 5.41) is 9.50. The van der Waals surface area contributed by atoms with Crippen molar-refractivity contribution in [2.24, 2.45) is 11.7 Å². The first-order chi connectivity index (χ1) is 13.9. The van der Waals surface area contributed by atoms with Gasteiger partial charge in [0.25, 0.3) is 0 Å². The van der Waals surface area contributed by atoms with Crippen LogP contribution in [0.15, 0.2) is 47.0 Å². The monoisotopic (exact) mass is 392 g/mol. The zero-order valence-electron chi connectivity index (χ0n) is 17.0. The summed E-state index contributed by atoms with van der Waals surface area (Å²) in [5.74, 6) is 1.03. The summed E-state index contributed by atoms with van der Waals surface area (Å²) in [7, 11) is 0. The van der Waals surface area contributed by atoms with E-state index < -0.39 is 5.54 Å². The predicted octanol–water partition coefficient (Wildman–Crippen LogP) is 4.01. The van der Waals surface area contributed by atoms with Crippen LogP contribution in [0.3, 0.4) is 0 Å². The minimum atomic E-state index is -0.502. The van der Waals surface area contributed by atoms with Crippen LogP contribution in [-0.4, -0.2) is 16.0 Å². The number of aromatic nitrogens is 2. The van der Waals surface area contributed by atoms with Gasteiger partial charge < -0.3 is 15.6 Å². The lowest BCUT2D eigenvalue weighted by Gasteiger charge is -2.20. The maximum Gasteiger partial charge on any atom is 0.249 e. The van der Waals surface area contributed by atoms with E-state index in [0.29, 0.717) is 18.1 Å². The fraction of sp³-hybridized carbons (Fsp3) is 0.435. The van der Waals surface area contributed by atoms with Crippen molar-refractivity contribution in [3.8, 4) is 0 Å². The van der Waals surface area contributed by atoms with Crippen LogP contribution in [0.4, 0.5) is 0 Å². The van der Waals surface area contributed by atoms with Gasteiger partial charge in [0.05, 0.1) is 12.0 Å². The van der Waals surface area contributed by atoms with E-state index >= 15 is 0 Å². The molecule has 0 spiro atoms. The second-order valence-corrected chi connectivity index (χ2v) is 8.47. The number of carbonyl (C=O) groups excluding carboxylic acids is 1. The van der Waals surface area contributed by atoms with Crippen LogP contribution in [0.5, 0.6) is 0 Å². The normalized spacial score (nSPS) is 17.0. The molecule has 0 aliphatic heterocycles. The number of carbonyl (C=O) groups is 1. The Kier molecular flexibility index (Phi) is 5.37. The molecular weight excluding hydrogens is 364 g/mol. The molecule has 1 heterocycles. The third kappa shape index (κ3) is 4.17. The van der Waals surface area contributed by atoms with E-state index in [1.165, 1.54) is 0 Å². The van der Waals surface area contributed by atoms with Crippen LogP contribution in [0.2, 0.25) is 0 Å². The van der Waals surface area contributed by atoms with Crippen molar-refractivity contribution in [3.05, 3.63) is 59.7 Å². The minimum absolute atomic E-state index is 0.0675. The van der Waals surface area contributed by atoms with Crippen molar-refractivity contribution in [2.75, 3.05) is 0 Å². The van der Waals surface area contributed by atoms with Gasteiger partial charge in [-0.3, -0.25) is 4.79 Å². The van der Waals surface area contributed by atoms with Crippen molar-refractivity contribution in [2.45, 2.75) is 57.5 Å². The van der Waals surface area contributed by atoms with E-state index in [-0.39, 0.29) is 17.9 Å². The smallest absolute Gasteiger partial charge is 0.249 e. The van der Waals surface area contributed by atoms with E-state index in [1.807, 2.05) is 38.1 Å². The highest BCUT2D eigenvalue weighted by molar-refractivity contribution is 5.85. The van der Waals surface area contributed by atoms with E-state index in [2.05, 4.69) is 33.7 Å². The van der Waals surface area contributed by atoms with E-state index in [1.54, 1.807) is 0 Å². The summed E-state index contributed by atoms with van der Waals surface area (Å²) >= 11 is 0. The maximum atomic E-state index is 12.7. The zero-order chi connectivity index (χ0) is 20.4. The zero-order valence-corrected chi connectivity index (χ0v) is 17.0. The molecule has 1 fully saturated rings. The molecule has 1 amide bonds. The fourth-order valence-corrected chi connectivity index (χ4v) is 4.07. The van der Waals surface area contributed by atoms with Gasteiger partial charge in [-0.15, -0.1) is 0 Å². The van der Waals surface area contributed by atoms with Crippen LogP contribution in [0.25, 0.3) is 10.8 Å². The maximum absolute atomic E-state index is 12.7. The third-order valence-electron chi connectivity index (χ3n) is 5.81. The standard InChI is InChI=1S/C23H28N4O2/c1-15(2)20(21-26-22(27-29-21)23(24)11-5-6-12-23)25-19(28)14-16-9-10-17-7-3-4-8-18(17)13-16/h3-4,7-10,13,15,20H,5-6,11-12,14,24H2,1-2H3,(H,25,28). The second kappa shape index (κ2) is 7.95. The van der Waals surface area contributed by atoms with Crippen LogP contribution in [-0.2, 0) is 16.8 Å². The molecule has 6 heteroatoms. The lowest BCUT2D eigenvalue weighted by molar-refractivity contribution is -0.121. The van der Waals surface area contributed by atoms with Crippen molar-refractivity contribution in [1.82, 2.24) is 15.5 Å². The van der Waals surface area contributed by atoms with Gasteiger partial charge in [0, 0.05) is 0 Å². The van der Waals surface area contributed by atoms with E-state index in [9.17, 15) is 4.79 Å². The molecule has 3 N–H and O–H groups in total. The Balaban J connectivity index is 1.47. The largest absolute Gasteiger partial charge is 0.344 e. The Morgan fingerprint density at radius 2 is 1.90 bits per heavy atom. The molecule has 0 saturated heterocycles. The number of nitrogens with two attached hydrogens (primary N) is 1. The Hall–Kier alpha value is -2.73. The lowest BCUT2D eigenvalue weighted by Crippen LogP contribution is -2.35. The third-order valence-corrected chi connectivity index (χ3v) is 5.81. The van der Waals surface area contributed by atoms with Crippen LogP contribution >= 0.6 is 0 Å². The van der Waals surface area contributed by atoms with Crippen LogP contribution in [0, 0.1) is 5.92 Å². The summed E-state index contributed by atoms with van der Waals surface area (Å²) in [6, 6.07) is 13.9. The summed E-state index contributed by atoms with van der Waals surface area (Å²) in [6.07, 6.45) is 4.20. The number of hydrogen-bond acceptors (Lipinski definition) is 5. The second-order valence-electron chi connectivity index (χ2n) is 8.47. The van der Waals surface area contributed by atoms with Crippen molar-refractivity contribution < 1.29 is 9.32 Å². The number of hydrogen-bond donors (Lipinski definition) is 2. The molecule has 1 atom stereocenters. The Morgan fingerprint density at radius 1 is 1.17 bits per heavy atom. The van der Waals surface area contributed by atoms with Gasteiger partial charge in [0.2, 0.25) is 11.8 Å². The van der Waals surface area contributed by atoms with Gasteiger partial charge in [-0.2, -0.15) is 4.98 Å². The molecule has 1 aliphatic rings. The molecule has 2 aromatic carbocycles. The minimum Gasteiger partial charge on any atom is -0.344 e. The summed E-state index contributed by atoms with van der Waals surface area (Å²) in [5.41, 5.74) is 6.92. The average Bonchev–Trinajstić information content (AvgIpc) is 3.36. The first-order valence-corrected chi connectivity index (χ1v) is 10.3. The molecule has 4 rings (SSSR count). The Labute approximate surface area is 170 Å². The lowest BCUT2D eigenvalue weighted by atomic mass is 9.98. The predicted molar refractivity (Wildman–Crippen MR) is 112 cm³/mol. The average molecular weight is 393 g/mol. The molecule has 1 unspecified atom stereocenters. The van der Waals surface area contributed by atoms with Crippen LogP contribution in [0.1, 0.15) is 62.9 Å². The molecule has 1 aliphatic carbocycles. The van der Waals surface area contributed by atoms with Gasteiger partial charge >= 0.3 is 0 Å². The van der Waals surface area contributed by atoms with Gasteiger partial charge in [-0.1, -0.05) is 74.3 Å². The van der Waals surface area contributed by atoms with Crippen LogP contribution < -0.4 is 11.1 Å². The highest BCUT2D eigenvalue weighted by Gasteiger charge is 2.37. The molecule has 6 nitrogen and oxygen atoms in total. The Morgan fingerprint density at radius 3 is 2.62 bits per heavy atom. The number of nitrogens with one attached hydrogen (secondary N) is 1. The van der Waals surface area contributed by atoms with Crippen molar-refractivity contribution >= 4 is 16.7 Å². The van der Waals surface area contributed by atoms with Crippen molar-refractivity contribution in [1.29, 1.82) is 0 Å². The van der Waals surface area contributed by atoms with Crippen molar-refractivity contribution in [3.63, 3.8) is 0 Å². The van der Waals surface area contributed by atoms with E-state index in [4.69, 9.17) is 10.3 Å². The number of nitrogens with zero attached hydrogens (tertiary/aromatic N) is 2. The van der Waals surface area contributed by atoms with E-state index in [0.717, 1.165) is 42.0 Å². The van der Waals surface area contributed by atoms with Gasteiger partial charge in [0.1, 0.15) is 6.04 Å². The molecule has 0 radical (unpaired) electrons. The summed E-state index contributed by atoms with van der Waals surface area (Å²) < 4.78 is 5.52. The van der Waals surface area contributed by atoms with Gasteiger partial charge in [-0.25, -0.2) is 0 Å². The molecule has 29 heavy (non-hydrogen) atoms. The Bertz CT molecular complexity index is 1000. The molecule has 3 aromatic rings. The molecule has 152 valence electrons. The molecule has 1 aromatic heterocycles. The molecule has 1 saturated carbocycles. The first-order valence-electron chi connectivity index (χ1n) is 10.3. The first kappa shape index (κ1) is 19.6. The SMILES string of the molecule is CC(C)C(NC(=O)Cc1ccc2ccccc2c1)c1nc(C2(N)CCCC2)no1. The fourth-order valence-electron chi connectivity index (χ4n) is 4.07. The number of rotatable bonds is 6. The highest BCUT2D eigenvalue weighted by Crippen LogP contribution is 2.35. The highest BCUT2D eigenvalue weighted by atomic mass is 16.5. The molecule has 0 bridgehead atoms. The number of fused-ring (bicyclic) bond motifs is 1. The summed E-state index contributed by atoms with van der Waals surface area (Å²) in [4.78, 5) is 17.3. The topological polar surface area (TPSA) is 94.0 Å². The number of benzene rings is 2. The number of amides is 1. The summed E-state index contributed by atoms with van der Waals surface area (Å²) in [6.45, 7) is 4.05.